The summed E-state index contributed by atoms with van der Waals surface area (Å²) in [5.41, 5.74) is 1.61. The van der Waals surface area contributed by atoms with Crippen LogP contribution in [0.3, 0.4) is 0 Å². The van der Waals surface area contributed by atoms with Gasteiger partial charge >= 0.3 is 0 Å². The van der Waals surface area contributed by atoms with Gasteiger partial charge in [0.15, 0.2) is 0 Å². The highest BCUT2D eigenvalue weighted by atomic mass is 79.9. The molecule has 3 aromatic rings. The van der Waals surface area contributed by atoms with E-state index in [1.165, 1.54) is 4.90 Å². The van der Waals surface area contributed by atoms with E-state index < -0.39 is 0 Å². The van der Waals surface area contributed by atoms with Gasteiger partial charge in [0, 0.05) is 46.1 Å². The molecule has 1 aliphatic heterocycles. The number of amides is 3. The van der Waals surface area contributed by atoms with Crippen LogP contribution in [0.25, 0.3) is 0 Å². The summed E-state index contributed by atoms with van der Waals surface area (Å²) in [6.07, 6.45) is 0.580. The van der Waals surface area contributed by atoms with E-state index in [0.29, 0.717) is 40.6 Å². The summed E-state index contributed by atoms with van der Waals surface area (Å²) in [5, 5.41) is 0.567. The average Bonchev–Trinajstić information content (AvgIpc) is 3.04. The Labute approximate surface area is 225 Å². The second-order valence-electron chi connectivity index (χ2n) is 8.12. The summed E-state index contributed by atoms with van der Waals surface area (Å²) in [7, 11) is 1.72. The molecule has 6 nitrogen and oxygen atoms in total. The maximum atomic E-state index is 12.8. The molecule has 0 saturated carbocycles. The van der Waals surface area contributed by atoms with Crippen LogP contribution in [0.1, 0.15) is 39.1 Å². The molecule has 0 aromatic heterocycles. The first-order valence-electron chi connectivity index (χ1n) is 10.8. The Bertz CT molecular complexity index is 1310. The second-order valence-corrected chi connectivity index (χ2v) is 10.4. The van der Waals surface area contributed by atoms with E-state index in [4.69, 9.17) is 16.3 Å². The predicted molar refractivity (Wildman–Crippen MR) is 141 cm³/mol. The average molecular weight is 621 g/mol. The van der Waals surface area contributed by atoms with Crippen molar-refractivity contribution in [1.29, 1.82) is 0 Å². The minimum absolute atomic E-state index is 0.0963. The van der Waals surface area contributed by atoms with Crippen molar-refractivity contribution in [3.63, 3.8) is 0 Å². The molecule has 35 heavy (non-hydrogen) atoms. The van der Waals surface area contributed by atoms with Gasteiger partial charge in [-0.1, -0.05) is 55.6 Å². The Hall–Kier alpha value is -2.68. The molecule has 0 spiro atoms. The van der Waals surface area contributed by atoms with E-state index in [1.807, 2.05) is 24.3 Å². The summed E-state index contributed by atoms with van der Waals surface area (Å²) < 4.78 is 7.61. The van der Waals surface area contributed by atoms with Crippen molar-refractivity contribution in [2.45, 2.75) is 19.4 Å². The van der Waals surface area contributed by atoms with Gasteiger partial charge in [-0.3, -0.25) is 19.3 Å². The van der Waals surface area contributed by atoms with Crippen LogP contribution in [-0.2, 0) is 11.3 Å². The van der Waals surface area contributed by atoms with E-state index >= 15 is 0 Å². The number of fused-ring (bicyclic) bond motifs is 1. The number of hydrogen-bond acceptors (Lipinski definition) is 4. The molecule has 4 rings (SSSR count). The molecule has 0 N–H and O–H groups in total. The maximum Gasteiger partial charge on any atom is 0.261 e. The number of carbonyl (C=O) groups excluding carboxylic acids is 3. The van der Waals surface area contributed by atoms with Crippen LogP contribution in [0.4, 0.5) is 0 Å². The van der Waals surface area contributed by atoms with E-state index in [-0.39, 0.29) is 30.7 Å². The van der Waals surface area contributed by atoms with Crippen LogP contribution in [0.2, 0.25) is 5.02 Å². The topological polar surface area (TPSA) is 66.9 Å². The van der Waals surface area contributed by atoms with Crippen LogP contribution < -0.4 is 4.74 Å². The van der Waals surface area contributed by atoms with Crippen LogP contribution in [0.15, 0.2) is 69.6 Å². The summed E-state index contributed by atoms with van der Waals surface area (Å²) in [4.78, 5) is 40.8. The van der Waals surface area contributed by atoms with Gasteiger partial charge < -0.3 is 9.64 Å². The van der Waals surface area contributed by atoms with E-state index in [2.05, 4.69) is 31.9 Å². The quantitative estimate of drug-likeness (QED) is 0.263. The lowest BCUT2D eigenvalue weighted by Crippen LogP contribution is -2.32. The summed E-state index contributed by atoms with van der Waals surface area (Å²) in [6.45, 7) is 0.522. The lowest BCUT2D eigenvalue weighted by molar-refractivity contribution is -0.130. The fourth-order valence-electron chi connectivity index (χ4n) is 3.80. The number of halogens is 3. The molecule has 180 valence electrons. The fourth-order valence-corrected chi connectivity index (χ4v) is 4.68. The monoisotopic (exact) mass is 618 g/mol. The first-order chi connectivity index (χ1) is 16.7. The Morgan fingerprint density at radius 3 is 2.46 bits per heavy atom. The maximum absolute atomic E-state index is 12.8. The van der Waals surface area contributed by atoms with Crippen molar-refractivity contribution in [2.24, 2.45) is 0 Å². The van der Waals surface area contributed by atoms with Gasteiger partial charge in [-0.25, -0.2) is 0 Å². The van der Waals surface area contributed by atoms with Crippen molar-refractivity contribution >= 4 is 61.2 Å². The van der Waals surface area contributed by atoms with E-state index in [9.17, 15) is 14.4 Å². The van der Waals surface area contributed by atoms with Crippen molar-refractivity contribution in [2.75, 3.05) is 13.6 Å². The molecule has 0 fully saturated rings. The number of carbonyl (C=O) groups is 3. The highest BCUT2D eigenvalue weighted by Gasteiger charge is 2.35. The lowest BCUT2D eigenvalue weighted by atomic mass is 10.1. The van der Waals surface area contributed by atoms with E-state index in [1.54, 1.807) is 48.3 Å². The molecule has 0 aliphatic carbocycles. The number of benzene rings is 3. The highest BCUT2D eigenvalue weighted by molar-refractivity contribution is 9.10. The van der Waals surface area contributed by atoms with Gasteiger partial charge in [0.2, 0.25) is 5.91 Å². The third kappa shape index (κ3) is 5.94. The zero-order valence-corrected chi connectivity index (χ0v) is 22.7. The minimum atomic E-state index is -0.329. The Morgan fingerprint density at radius 1 is 0.971 bits per heavy atom. The summed E-state index contributed by atoms with van der Waals surface area (Å²) in [5.74, 6) is 0.457. The van der Waals surface area contributed by atoms with Gasteiger partial charge in [0.25, 0.3) is 11.8 Å². The molecule has 0 saturated heterocycles. The molecule has 0 atom stereocenters. The number of nitrogens with zero attached hydrogens (tertiary/aromatic N) is 2. The molecule has 3 amide bonds. The largest absolute Gasteiger partial charge is 0.457 e. The first kappa shape index (κ1) is 25.4. The Morgan fingerprint density at radius 2 is 1.69 bits per heavy atom. The molecule has 0 bridgehead atoms. The third-order valence-corrected chi connectivity index (χ3v) is 6.81. The molecule has 3 aromatic carbocycles. The number of hydrogen-bond donors (Lipinski definition) is 0. The van der Waals surface area contributed by atoms with Gasteiger partial charge in [-0.15, -0.1) is 0 Å². The summed E-state index contributed by atoms with van der Waals surface area (Å²) >= 11 is 12.9. The number of rotatable bonds is 8. The second kappa shape index (κ2) is 10.9. The van der Waals surface area contributed by atoms with Crippen LogP contribution in [0, 0.1) is 0 Å². The predicted octanol–water partition coefficient (Wildman–Crippen LogP) is 6.69. The molecule has 1 heterocycles. The van der Waals surface area contributed by atoms with Crippen molar-refractivity contribution in [3.05, 3.63) is 91.3 Å². The first-order valence-corrected chi connectivity index (χ1v) is 12.8. The number of imide groups is 1. The number of ether oxygens (including phenoxy) is 1. The third-order valence-electron chi connectivity index (χ3n) is 5.59. The SMILES string of the molecule is CN(Cc1ccc(Br)cc1Oc1cccc(Cl)c1)C(=O)CCCN1C(=O)c2ccc(Br)cc2C1=O. The minimum Gasteiger partial charge on any atom is -0.457 e. The molecular weight excluding hydrogens is 600 g/mol. The molecule has 0 unspecified atom stereocenters. The van der Waals surface area contributed by atoms with Gasteiger partial charge in [-0.05, 0) is 55.0 Å². The van der Waals surface area contributed by atoms with Gasteiger partial charge in [0.1, 0.15) is 11.5 Å². The zero-order valence-electron chi connectivity index (χ0n) is 18.8. The summed E-state index contributed by atoms with van der Waals surface area (Å²) in [6, 6.07) is 17.7. The fraction of sp³-hybridized carbons (Fsp3) is 0.192. The lowest BCUT2D eigenvalue weighted by Gasteiger charge is -2.20. The zero-order chi connectivity index (χ0) is 25.1. The Balaban J connectivity index is 1.35. The smallest absolute Gasteiger partial charge is 0.261 e. The molecule has 9 heteroatoms. The molecule has 1 aliphatic rings. The molecular formula is C26H21Br2ClN2O4. The van der Waals surface area contributed by atoms with Crippen molar-refractivity contribution in [1.82, 2.24) is 9.80 Å². The van der Waals surface area contributed by atoms with Crippen LogP contribution in [0.5, 0.6) is 11.5 Å². The molecule has 0 radical (unpaired) electrons. The Kier molecular flexibility index (Phi) is 7.94. The highest BCUT2D eigenvalue weighted by Crippen LogP contribution is 2.31. The van der Waals surface area contributed by atoms with Crippen molar-refractivity contribution < 1.29 is 19.1 Å². The van der Waals surface area contributed by atoms with Crippen LogP contribution in [-0.4, -0.2) is 41.1 Å². The van der Waals surface area contributed by atoms with Gasteiger partial charge in [0.05, 0.1) is 11.1 Å². The normalized spacial score (nSPS) is 12.6. The van der Waals surface area contributed by atoms with Crippen LogP contribution >= 0.6 is 43.5 Å². The standard InChI is InChI=1S/C26H21Br2ClN2O4/c1-30(15-16-7-8-18(28)13-23(16)35-20-5-2-4-19(29)14-20)24(32)6-3-11-31-25(33)21-10-9-17(27)12-22(21)26(31)34/h2,4-5,7-10,12-14H,3,6,11,15H2,1H3. The van der Waals surface area contributed by atoms with Crippen molar-refractivity contribution in [3.8, 4) is 11.5 Å². The van der Waals surface area contributed by atoms with Gasteiger partial charge in [-0.2, -0.15) is 0 Å². The van der Waals surface area contributed by atoms with E-state index in [0.717, 1.165) is 14.5 Å².